The molecule has 8 heteroatoms. The number of benzene rings is 2. The summed E-state index contributed by atoms with van der Waals surface area (Å²) in [7, 11) is 0. The van der Waals surface area contributed by atoms with Gasteiger partial charge in [0.2, 0.25) is 5.95 Å². The number of fused-ring (bicyclic) bond motifs is 1. The van der Waals surface area contributed by atoms with Crippen LogP contribution in [0, 0.1) is 5.82 Å². The highest BCUT2D eigenvalue weighted by atomic mass is 19.1. The predicted octanol–water partition coefficient (Wildman–Crippen LogP) is 3.71. The molecule has 2 aromatic carbocycles. The van der Waals surface area contributed by atoms with Crippen LogP contribution in [0.2, 0.25) is 0 Å². The zero-order valence-corrected chi connectivity index (χ0v) is 16.9. The average molecular weight is 406 g/mol. The van der Waals surface area contributed by atoms with E-state index >= 15 is 0 Å². The van der Waals surface area contributed by atoms with E-state index < -0.39 is 0 Å². The fourth-order valence-electron chi connectivity index (χ4n) is 3.43. The first-order chi connectivity index (χ1) is 14.6. The second-order valence-corrected chi connectivity index (χ2v) is 6.86. The lowest BCUT2D eigenvalue weighted by molar-refractivity contribution is 0.618. The van der Waals surface area contributed by atoms with Gasteiger partial charge in [-0.25, -0.2) is 9.07 Å². The molecule has 4 aromatic rings. The van der Waals surface area contributed by atoms with E-state index in [0.29, 0.717) is 29.2 Å². The molecule has 0 aliphatic rings. The number of aromatic amines is 1. The van der Waals surface area contributed by atoms with Gasteiger partial charge in [-0.15, -0.1) is 0 Å². The molecule has 0 unspecified atom stereocenters. The van der Waals surface area contributed by atoms with Crippen molar-refractivity contribution in [3.63, 3.8) is 0 Å². The largest absolute Gasteiger partial charge is 0.370 e. The number of halogens is 1. The number of anilines is 2. The van der Waals surface area contributed by atoms with E-state index in [9.17, 15) is 9.18 Å². The van der Waals surface area contributed by atoms with E-state index in [1.54, 1.807) is 10.7 Å². The molecule has 4 rings (SSSR count). The van der Waals surface area contributed by atoms with E-state index in [0.717, 1.165) is 24.3 Å². The number of nitrogens with zero attached hydrogens (tertiary/aromatic N) is 4. The third-order valence-electron chi connectivity index (χ3n) is 5.02. The topological polar surface area (TPSA) is 78.8 Å². The number of aromatic nitrogens is 4. The highest BCUT2D eigenvalue weighted by Gasteiger charge is 2.12. The Morgan fingerprint density at radius 3 is 2.60 bits per heavy atom. The Bertz CT molecular complexity index is 1210. The minimum absolute atomic E-state index is 0.267. The zero-order chi connectivity index (χ0) is 21.1. The Morgan fingerprint density at radius 1 is 1.13 bits per heavy atom. The first-order valence-corrected chi connectivity index (χ1v) is 9.91. The van der Waals surface area contributed by atoms with Crippen LogP contribution < -0.4 is 15.8 Å². The summed E-state index contributed by atoms with van der Waals surface area (Å²) < 4.78 is 16.1. The smallest absolute Gasteiger partial charge is 0.263 e. The number of para-hydroxylation sites is 1. The molecule has 7 nitrogen and oxygen atoms in total. The fraction of sp³-hybridized carbons (Fsp3) is 0.227. The van der Waals surface area contributed by atoms with Gasteiger partial charge < -0.3 is 10.2 Å². The zero-order valence-electron chi connectivity index (χ0n) is 16.9. The van der Waals surface area contributed by atoms with Crippen molar-refractivity contribution in [2.45, 2.75) is 20.4 Å². The number of rotatable bonds is 7. The van der Waals surface area contributed by atoms with E-state index in [4.69, 9.17) is 0 Å². The molecule has 2 N–H and O–H groups in total. The lowest BCUT2D eigenvalue weighted by Crippen LogP contribution is -2.23. The summed E-state index contributed by atoms with van der Waals surface area (Å²) in [4.78, 5) is 21.6. The van der Waals surface area contributed by atoms with Crippen LogP contribution in [0.3, 0.4) is 0 Å². The van der Waals surface area contributed by atoms with Gasteiger partial charge in [0.15, 0.2) is 5.65 Å². The molecule has 0 aliphatic carbocycles. The van der Waals surface area contributed by atoms with Crippen molar-refractivity contribution < 1.29 is 4.39 Å². The van der Waals surface area contributed by atoms with Gasteiger partial charge >= 0.3 is 0 Å². The summed E-state index contributed by atoms with van der Waals surface area (Å²) >= 11 is 0. The van der Waals surface area contributed by atoms with Crippen molar-refractivity contribution in [3.05, 3.63) is 76.5 Å². The van der Waals surface area contributed by atoms with Crippen LogP contribution >= 0.6 is 0 Å². The maximum absolute atomic E-state index is 14.5. The van der Waals surface area contributed by atoms with Crippen LogP contribution in [0.5, 0.6) is 0 Å². The van der Waals surface area contributed by atoms with E-state index in [-0.39, 0.29) is 11.4 Å². The van der Waals surface area contributed by atoms with Crippen LogP contribution in [0.15, 0.2) is 59.5 Å². The summed E-state index contributed by atoms with van der Waals surface area (Å²) in [6.45, 7) is 5.80. The first kappa shape index (κ1) is 19.6. The number of nitrogens with one attached hydrogen (secondary N) is 2. The molecule has 2 heterocycles. The lowest BCUT2D eigenvalue weighted by atomic mass is 10.2. The number of hydrogen-bond donors (Lipinski definition) is 2. The molecule has 30 heavy (non-hydrogen) atoms. The molecule has 154 valence electrons. The maximum Gasteiger partial charge on any atom is 0.263 e. The number of H-pyrrole nitrogens is 1. The quantitative estimate of drug-likeness (QED) is 0.489. The Kier molecular flexibility index (Phi) is 5.47. The predicted molar refractivity (Wildman–Crippen MR) is 117 cm³/mol. The van der Waals surface area contributed by atoms with Gasteiger partial charge in [0.05, 0.1) is 17.6 Å². The summed E-state index contributed by atoms with van der Waals surface area (Å²) in [6, 6.07) is 14.6. The van der Waals surface area contributed by atoms with Crippen molar-refractivity contribution in [1.29, 1.82) is 0 Å². The summed E-state index contributed by atoms with van der Waals surface area (Å²) in [5, 5.41) is 7.77. The summed E-state index contributed by atoms with van der Waals surface area (Å²) in [6.07, 6.45) is 1.50. The van der Waals surface area contributed by atoms with Gasteiger partial charge in [-0.1, -0.05) is 24.3 Å². The van der Waals surface area contributed by atoms with Gasteiger partial charge in [0.1, 0.15) is 11.2 Å². The first-order valence-electron chi connectivity index (χ1n) is 9.91. The van der Waals surface area contributed by atoms with Crippen molar-refractivity contribution in [1.82, 2.24) is 19.7 Å². The third kappa shape index (κ3) is 3.76. The monoisotopic (exact) mass is 406 g/mol. The van der Waals surface area contributed by atoms with Crippen molar-refractivity contribution in [2.24, 2.45) is 0 Å². The molecule has 0 radical (unpaired) electrons. The van der Waals surface area contributed by atoms with Crippen LogP contribution in [-0.2, 0) is 6.54 Å². The van der Waals surface area contributed by atoms with E-state index in [1.807, 2.05) is 55.1 Å². The molecule has 2 aromatic heterocycles. The van der Waals surface area contributed by atoms with Crippen LogP contribution in [0.4, 0.5) is 16.0 Å². The maximum atomic E-state index is 14.5. The van der Waals surface area contributed by atoms with Gasteiger partial charge in [-0.2, -0.15) is 10.1 Å². The second kappa shape index (κ2) is 8.36. The average Bonchev–Trinajstić information content (AvgIpc) is 3.19. The highest BCUT2D eigenvalue weighted by molar-refractivity contribution is 5.76. The van der Waals surface area contributed by atoms with Crippen LogP contribution in [0.25, 0.3) is 16.7 Å². The molecule has 0 spiro atoms. The van der Waals surface area contributed by atoms with E-state index in [1.165, 1.54) is 12.3 Å². The Balaban J connectivity index is 1.59. The summed E-state index contributed by atoms with van der Waals surface area (Å²) in [5.41, 5.74) is 2.32. The standard InChI is InChI=1S/C22H23FN6O/c1-3-28(4-2)19-11-10-15(12-18(19)23)13-24-22-26-20-17(21(30)27-22)14-25-29(20)16-8-6-5-7-9-16/h5-12,14H,3-4,13H2,1-2H3,(H2,24,26,27,30). The normalized spacial score (nSPS) is 11.0. The minimum Gasteiger partial charge on any atom is -0.370 e. The molecule has 0 saturated carbocycles. The Labute approximate surface area is 173 Å². The number of hydrogen-bond acceptors (Lipinski definition) is 5. The molecule has 0 amide bonds. The fourth-order valence-corrected chi connectivity index (χ4v) is 3.43. The van der Waals surface area contributed by atoms with Gasteiger partial charge in [0, 0.05) is 19.6 Å². The molecule has 0 saturated heterocycles. The van der Waals surface area contributed by atoms with Crippen LogP contribution in [-0.4, -0.2) is 32.8 Å². The van der Waals surface area contributed by atoms with E-state index in [2.05, 4.69) is 20.4 Å². The Hall–Kier alpha value is -3.68. The van der Waals surface area contributed by atoms with Crippen LogP contribution in [0.1, 0.15) is 19.4 Å². The highest BCUT2D eigenvalue weighted by Crippen LogP contribution is 2.21. The lowest BCUT2D eigenvalue weighted by Gasteiger charge is -2.22. The van der Waals surface area contributed by atoms with Crippen molar-refractivity contribution >= 4 is 22.7 Å². The molecule has 0 aliphatic heterocycles. The molecule has 0 bridgehead atoms. The van der Waals surface area contributed by atoms with Gasteiger partial charge in [-0.3, -0.25) is 9.78 Å². The molecular weight excluding hydrogens is 383 g/mol. The van der Waals surface area contributed by atoms with Gasteiger partial charge in [0.25, 0.3) is 5.56 Å². The Morgan fingerprint density at radius 2 is 1.90 bits per heavy atom. The molecule has 0 atom stereocenters. The minimum atomic E-state index is -0.284. The van der Waals surface area contributed by atoms with Crippen molar-refractivity contribution in [2.75, 3.05) is 23.3 Å². The molecular formula is C22H23FN6O. The summed E-state index contributed by atoms with van der Waals surface area (Å²) in [5.74, 6) is 0.0375. The van der Waals surface area contributed by atoms with Crippen molar-refractivity contribution in [3.8, 4) is 5.69 Å². The molecule has 0 fully saturated rings. The SMILES string of the molecule is CCN(CC)c1ccc(CNc2nc3c(cnn3-c3ccccc3)c(=O)[nH]2)cc1F. The second-order valence-electron chi connectivity index (χ2n) is 6.86. The van der Waals surface area contributed by atoms with Gasteiger partial charge in [-0.05, 0) is 43.7 Å². The third-order valence-corrected chi connectivity index (χ3v) is 5.02.